The predicted molar refractivity (Wildman–Crippen MR) is 130 cm³/mol. The Morgan fingerprint density at radius 3 is 2.65 bits per heavy atom. The number of anilines is 2. The van der Waals surface area contributed by atoms with Crippen LogP contribution in [0.3, 0.4) is 0 Å². The van der Waals surface area contributed by atoms with Crippen LogP contribution >= 0.6 is 23.2 Å². The number of nitrogens with zero attached hydrogens (tertiary/aromatic N) is 2. The average molecular weight is 456 g/mol. The largest absolute Gasteiger partial charge is 0.366 e. The average Bonchev–Trinajstić information content (AvgIpc) is 2.68. The highest BCUT2D eigenvalue weighted by Crippen LogP contribution is 2.44. The van der Waals surface area contributed by atoms with Crippen LogP contribution in [0.1, 0.15) is 56.7 Å². The normalized spacial score (nSPS) is 17.7. The summed E-state index contributed by atoms with van der Waals surface area (Å²) in [5, 5.41) is 13.1. The van der Waals surface area contributed by atoms with Gasteiger partial charge in [0.15, 0.2) is 0 Å². The first kappa shape index (κ1) is 23.2. The molecule has 0 radical (unpaired) electrons. The minimum absolute atomic E-state index is 0.0187. The lowest BCUT2D eigenvalue weighted by Crippen LogP contribution is -2.48. The Bertz CT molecular complexity index is 1100. The smallest absolute Gasteiger partial charge is 0.266 e. The van der Waals surface area contributed by atoms with Gasteiger partial charge in [-0.2, -0.15) is 5.26 Å². The zero-order valence-corrected chi connectivity index (χ0v) is 20.0. The van der Waals surface area contributed by atoms with Crippen LogP contribution in [0.2, 0.25) is 10.0 Å². The van der Waals surface area contributed by atoms with Crippen LogP contribution in [0.25, 0.3) is 6.08 Å². The predicted octanol–water partition coefficient (Wildman–Crippen LogP) is 6.96. The van der Waals surface area contributed by atoms with Crippen LogP contribution < -0.4 is 10.2 Å². The highest BCUT2D eigenvalue weighted by atomic mass is 35.5. The molecule has 31 heavy (non-hydrogen) atoms. The van der Waals surface area contributed by atoms with E-state index in [1.165, 1.54) is 11.3 Å². The Balaban J connectivity index is 1.97. The topological polar surface area (TPSA) is 56.1 Å². The Morgan fingerprint density at radius 2 is 2.03 bits per heavy atom. The number of rotatable bonds is 4. The first-order valence-electron chi connectivity index (χ1n) is 10.4. The number of hydrogen-bond acceptors (Lipinski definition) is 3. The lowest BCUT2D eigenvalue weighted by molar-refractivity contribution is -0.112. The van der Waals surface area contributed by atoms with Gasteiger partial charge in [-0.25, -0.2) is 0 Å². The second kappa shape index (κ2) is 8.94. The standard InChI is InChI=1S/C25H27Cl2N3O/c1-6-30-23-9-15(2)17(11-20(23)16(3)13-25(30,4)5)10-18(14-28)24(31)29-22-8-7-19(26)12-21(22)27/h7-12,16H,6,13H2,1-5H3,(H,29,31)/b18-10-. The van der Waals surface area contributed by atoms with Gasteiger partial charge in [-0.05, 0) is 93.1 Å². The van der Waals surface area contributed by atoms with E-state index in [-0.39, 0.29) is 11.1 Å². The van der Waals surface area contributed by atoms with E-state index < -0.39 is 5.91 Å². The van der Waals surface area contributed by atoms with Crippen molar-refractivity contribution in [1.29, 1.82) is 5.26 Å². The maximum atomic E-state index is 12.7. The third kappa shape index (κ3) is 4.74. The van der Waals surface area contributed by atoms with Crippen molar-refractivity contribution < 1.29 is 4.79 Å². The number of amides is 1. The maximum Gasteiger partial charge on any atom is 0.266 e. The summed E-state index contributed by atoms with van der Waals surface area (Å²) in [6, 6.07) is 11.1. The van der Waals surface area contributed by atoms with Crippen molar-refractivity contribution in [3.63, 3.8) is 0 Å². The number of fused-ring (bicyclic) bond motifs is 1. The Kier molecular flexibility index (Phi) is 6.69. The van der Waals surface area contributed by atoms with E-state index in [1.54, 1.807) is 24.3 Å². The van der Waals surface area contributed by atoms with Crippen LogP contribution in [0, 0.1) is 18.3 Å². The number of nitriles is 1. The molecule has 2 aromatic carbocycles. The zero-order chi connectivity index (χ0) is 22.9. The van der Waals surface area contributed by atoms with Crippen molar-refractivity contribution in [1.82, 2.24) is 0 Å². The summed E-state index contributed by atoms with van der Waals surface area (Å²) in [6.07, 6.45) is 2.69. The molecular formula is C25H27Cl2N3O. The highest BCUT2D eigenvalue weighted by molar-refractivity contribution is 6.36. The number of nitrogens with one attached hydrogen (secondary N) is 1. The van der Waals surface area contributed by atoms with Gasteiger partial charge in [0.1, 0.15) is 11.6 Å². The number of hydrogen-bond donors (Lipinski definition) is 1. The molecule has 1 aliphatic rings. The molecule has 0 aromatic heterocycles. The summed E-state index contributed by atoms with van der Waals surface area (Å²) in [5.41, 5.74) is 4.88. The van der Waals surface area contributed by atoms with Gasteiger partial charge in [0, 0.05) is 22.8 Å². The van der Waals surface area contributed by atoms with Gasteiger partial charge in [0.05, 0.1) is 10.7 Å². The first-order chi connectivity index (χ1) is 14.6. The molecule has 162 valence electrons. The lowest BCUT2D eigenvalue weighted by Gasteiger charge is -2.47. The van der Waals surface area contributed by atoms with Gasteiger partial charge in [-0.15, -0.1) is 0 Å². The summed E-state index contributed by atoms with van der Waals surface area (Å²) in [5.74, 6) is -0.124. The van der Waals surface area contributed by atoms with E-state index in [1.807, 2.05) is 13.0 Å². The molecule has 0 fully saturated rings. The number of carbonyl (C=O) groups excluding carboxylic acids is 1. The molecule has 1 amide bonds. The summed E-state index contributed by atoms with van der Waals surface area (Å²) >= 11 is 12.1. The highest BCUT2D eigenvalue weighted by Gasteiger charge is 2.35. The van der Waals surface area contributed by atoms with E-state index >= 15 is 0 Å². The second-order valence-corrected chi connectivity index (χ2v) is 9.52. The van der Waals surface area contributed by atoms with Gasteiger partial charge < -0.3 is 10.2 Å². The van der Waals surface area contributed by atoms with E-state index in [9.17, 15) is 10.1 Å². The monoisotopic (exact) mass is 455 g/mol. The summed E-state index contributed by atoms with van der Waals surface area (Å²) in [6.45, 7) is 11.9. The van der Waals surface area contributed by atoms with E-state index in [2.05, 4.69) is 50.0 Å². The Labute approximate surface area is 194 Å². The van der Waals surface area contributed by atoms with Crippen LogP contribution in [-0.2, 0) is 4.79 Å². The first-order valence-corrected chi connectivity index (χ1v) is 11.1. The third-order valence-electron chi connectivity index (χ3n) is 5.93. The molecule has 1 unspecified atom stereocenters. The van der Waals surface area contributed by atoms with Crippen molar-refractivity contribution >= 4 is 46.6 Å². The molecule has 0 aliphatic carbocycles. The molecule has 2 aromatic rings. The third-order valence-corrected chi connectivity index (χ3v) is 6.48. The van der Waals surface area contributed by atoms with Crippen molar-refractivity contribution in [3.05, 3.63) is 62.6 Å². The van der Waals surface area contributed by atoms with Crippen molar-refractivity contribution in [2.45, 2.75) is 52.5 Å². The summed E-state index contributed by atoms with van der Waals surface area (Å²) in [7, 11) is 0. The number of aryl methyl sites for hydroxylation is 1. The summed E-state index contributed by atoms with van der Waals surface area (Å²) in [4.78, 5) is 15.2. The molecule has 1 atom stereocenters. The van der Waals surface area contributed by atoms with E-state index in [4.69, 9.17) is 23.2 Å². The fraction of sp³-hybridized carbons (Fsp3) is 0.360. The van der Waals surface area contributed by atoms with Crippen LogP contribution in [0.15, 0.2) is 35.9 Å². The molecule has 3 rings (SSSR count). The molecule has 0 saturated carbocycles. The van der Waals surface area contributed by atoms with E-state index in [0.29, 0.717) is 21.7 Å². The SMILES string of the molecule is CCN1c2cc(C)c(/C=C(/C#N)C(=O)Nc3ccc(Cl)cc3Cl)cc2C(C)CC1(C)C. The molecule has 6 heteroatoms. The van der Waals surface area contributed by atoms with Gasteiger partial charge in [0.2, 0.25) is 0 Å². The molecule has 0 spiro atoms. The Hall–Kier alpha value is -2.48. The molecule has 1 heterocycles. The molecule has 0 saturated heterocycles. The molecule has 1 aliphatic heterocycles. The minimum Gasteiger partial charge on any atom is -0.366 e. The fourth-order valence-electron chi connectivity index (χ4n) is 4.49. The van der Waals surface area contributed by atoms with Gasteiger partial charge in [0.25, 0.3) is 5.91 Å². The fourth-order valence-corrected chi connectivity index (χ4v) is 4.95. The molecular weight excluding hydrogens is 429 g/mol. The van der Waals surface area contributed by atoms with Gasteiger partial charge in [-0.3, -0.25) is 4.79 Å². The molecule has 1 N–H and O–H groups in total. The number of carbonyl (C=O) groups is 1. The van der Waals surface area contributed by atoms with Gasteiger partial charge in [-0.1, -0.05) is 30.1 Å². The minimum atomic E-state index is -0.506. The quantitative estimate of drug-likeness (QED) is 0.400. The lowest BCUT2D eigenvalue weighted by atomic mass is 9.79. The van der Waals surface area contributed by atoms with E-state index in [0.717, 1.165) is 24.1 Å². The summed E-state index contributed by atoms with van der Waals surface area (Å²) < 4.78 is 0. The van der Waals surface area contributed by atoms with Crippen molar-refractivity contribution in [3.8, 4) is 6.07 Å². The maximum absolute atomic E-state index is 12.7. The molecule has 4 nitrogen and oxygen atoms in total. The van der Waals surface area contributed by atoms with Gasteiger partial charge >= 0.3 is 0 Å². The number of benzene rings is 2. The zero-order valence-electron chi connectivity index (χ0n) is 18.5. The second-order valence-electron chi connectivity index (χ2n) is 8.68. The Morgan fingerprint density at radius 1 is 1.32 bits per heavy atom. The van der Waals surface area contributed by atoms with Crippen LogP contribution in [-0.4, -0.2) is 18.0 Å². The number of halogens is 2. The van der Waals surface area contributed by atoms with Crippen LogP contribution in [0.5, 0.6) is 0 Å². The van der Waals surface area contributed by atoms with Crippen molar-refractivity contribution in [2.75, 3.05) is 16.8 Å². The van der Waals surface area contributed by atoms with Crippen LogP contribution in [0.4, 0.5) is 11.4 Å². The van der Waals surface area contributed by atoms with Crippen molar-refractivity contribution in [2.24, 2.45) is 0 Å². The molecule has 0 bridgehead atoms.